The van der Waals surface area contributed by atoms with E-state index >= 15 is 0 Å². The van der Waals surface area contributed by atoms with Gasteiger partial charge in [-0.2, -0.15) is 0 Å². The first-order valence-corrected chi connectivity index (χ1v) is 7.73. The molecule has 0 radical (unpaired) electrons. The highest BCUT2D eigenvalue weighted by molar-refractivity contribution is 9.10. The molecule has 0 N–H and O–H groups in total. The lowest BCUT2D eigenvalue weighted by molar-refractivity contribution is 0.976. The molecule has 2 nitrogen and oxygen atoms in total. The van der Waals surface area contributed by atoms with Gasteiger partial charge in [-0.3, -0.25) is 4.57 Å². The molecule has 0 aliphatic rings. The monoisotopic (exact) mass is 348 g/mol. The Morgan fingerprint density at radius 1 is 1.10 bits per heavy atom. The van der Waals surface area contributed by atoms with Gasteiger partial charge < -0.3 is 0 Å². The molecule has 0 saturated heterocycles. The largest absolute Gasteiger partial charge is 0.294 e. The molecule has 1 heterocycles. The number of benzene rings is 2. The molecule has 0 atom stereocenters. The van der Waals surface area contributed by atoms with Gasteiger partial charge in [-0.25, -0.2) is 4.98 Å². The van der Waals surface area contributed by atoms with Crippen molar-refractivity contribution in [2.45, 2.75) is 19.7 Å². The quantitative estimate of drug-likeness (QED) is 0.585. The Labute approximate surface area is 131 Å². The van der Waals surface area contributed by atoms with Crippen LogP contribution >= 0.6 is 27.5 Å². The number of rotatable bonds is 2. The van der Waals surface area contributed by atoms with Crippen molar-refractivity contribution in [3.05, 3.63) is 57.8 Å². The van der Waals surface area contributed by atoms with Crippen LogP contribution in [0.1, 0.15) is 17.0 Å². The van der Waals surface area contributed by atoms with Crippen molar-refractivity contribution in [2.24, 2.45) is 0 Å². The first kappa shape index (κ1) is 13.7. The Bertz CT molecular complexity index is 793. The fourth-order valence-electron chi connectivity index (χ4n) is 2.39. The van der Waals surface area contributed by atoms with Gasteiger partial charge >= 0.3 is 0 Å². The second-order valence-corrected chi connectivity index (χ2v) is 6.07. The number of alkyl halides is 1. The van der Waals surface area contributed by atoms with Gasteiger partial charge in [-0.15, -0.1) is 11.6 Å². The Balaban J connectivity index is 2.36. The average Bonchev–Trinajstić information content (AvgIpc) is 2.76. The smallest absolute Gasteiger partial charge is 0.129 e. The lowest BCUT2D eigenvalue weighted by Crippen LogP contribution is -2.00. The van der Waals surface area contributed by atoms with Crippen LogP contribution in [-0.4, -0.2) is 9.55 Å². The summed E-state index contributed by atoms with van der Waals surface area (Å²) in [6, 6.07) is 12.6. The Morgan fingerprint density at radius 3 is 2.50 bits per heavy atom. The molecule has 0 amide bonds. The summed E-state index contributed by atoms with van der Waals surface area (Å²) in [5.41, 5.74) is 5.56. The minimum absolute atomic E-state index is 0.383. The van der Waals surface area contributed by atoms with E-state index < -0.39 is 0 Å². The zero-order chi connectivity index (χ0) is 14.3. The SMILES string of the molecule is Cc1ccc(-n2c(CCl)nc3ccc(C)cc32)c(Br)c1. The maximum Gasteiger partial charge on any atom is 0.129 e. The topological polar surface area (TPSA) is 17.8 Å². The van der Waals surface area contributed by atoms with Gasteiger partial charge in [0.25, 0.3) is 0 Å². The molecule has 4 heteroatoms. The lowest BCUT2D eigenvalue weighted by Gasteiger charge is -2.11. The second kappa shape index (κ2) is 5.23. The fraction of sp³-hybridized carbons (Fsp3) is 0.188. The number of hydrogen-bond donors (Lipinski definition) is 0. The third-order valence-corrected chi connectivity index (χ3v) is 4.22. The van der Waals surface area contributed by atoms with Gasteiger partial charge in [0.1, 0.15) is 5.82 Å². The maximum atomic E-state index is 6.08. The second-order valence-electron chi connectivity index (χ2n) is 4.94. The number of aryl methyl sites for hydroxylation is 2. The predicted octanol–water partition coefficient (Wildman–Crippen LogP) is 5.14. The number of nitrogens with zero attached hydrogens (tertiary/aromatic N) is 2. The van der Waals surface area contributed by atoms with E-state index in [0.29, 0.717) is 5.88 Å². The summed E-state index contributed by atoms with van der Waals surface area (Å²) in [5, 5.41) is 0. The molecule has 0 aliphatic carbocycles. The molecule has 0 spiro atoms. The summed E-state index contributed by atoms with van der Waals surface area (Å²) in [6.07, 6.45) is 0. The van der Waals surface area contributed by atoms with Crippen molar-refractivity contribution in [1.82, 2.24) is 9.55 Å². The Hall–Kier alpha value is -1.32. The van der Waals surface area contributed by atoms with Crippen molar-refractivity contribution >= 4 is 38.6 Å². The highest BCUT2D eigenvalue weighted by Crippen LogP contribution is 2.29. The van der Waals surface area contributed by atoms with Gasteiger partial charge in [-0.05, 0) is 65.2 Å². The average molecular weight is 350 g/mol. The van der Waals surface area contributed by atoms with Gasteiger partial charge in [0.15, 0.2) is 0 Å². The number of hydrogen-bond acceptors (Lipinski definition) is 1. The van der Waals surface area contributed by atoms with E-state index in [0.717, 1.165) is 27.0 Å². The first-order chi connectivity index (χ1) is 9.60. The molecule has 0 aliphatic heterocycles. The minimum Gasteiger partial charge on any atom is -0.294 e. The lowest BCUT2D eigenvalue weighted by atomic mass is 10.2. The van der Waals surface area contributed by atoms with Crippen LogP contribution in [-0.2, 0) is 5.88 Å². The van der Waals surface area contributed by atoms with E-state index in [4.69, 9.17) is 11.6 Å². The third-order valence-electron chi connectivity index (χ3n) is 3.34. The van der Waals surface area contributed by atoms with Crippen molar-refractivity contribution in [3.63, 3.8) is 0 Å². The van der Waals surface area contributed by atoms with Crippen LogP contribution in [0, 0.1) is 13.8 Å². The number of halogens is 2. The molecule has 3 aromatic rings. The fourth-order valence-corrected chi connectivity index (χ4v) is 3.24. The Kier molecular flexibility index (Phi) is 3.57. The number of aromatic nitrogens is 2. The van der Waals surface area contributed by atoms with Crippen molar-refractivity contribution < 1.29 is 0 Å². The Morgan fingerprint density at radius 2 is 1.80 bits per heavy atom. The highest BCUT2D eigenvalue weighted by Gasteiger charge is 2.14. The third kappa shape index (κ3) is 2.25. The van der Waals surface area contributed by atoms with Gasteiger partial charge in [0, 0.05) is 4.47 Å². The molecule has 102 valence electrons. The summed E-state index contributed by atoms with van der Waals surface area (Å²) in [5.74, 6) is 1.24. The van der Waals surface area contributed by atoms with Crippen LogP contribution in [0.2, 0.25) is 0 Å². The molecular weight excluding hydrogens is 336 g/mol. The maximum absolute atomic E-state index is 6.08. The molecule has 0 bridgehead atoms. The van der Waals surface area contributed by atoms with E-state index in [1.165, 1.54) is 11.1 Å². The van der Waals surface area contributed by atoms with Crippen LogP contribution in [0.5, 0.6) is 0 Å². The molecular formula is C16H14BrClN2. The van der Waals surface area contributed by atoms with Crippen LogP contribution in [0.4, 0.5) is 0 Å². The van der Waals surface area contributed by atoms with Crippen LogP contribution in [0.15, 0.2) is 40.9 Å². The summed E-state index contributed by atoms with van der Waals surface area (Å²) >= 11 is 9.72. The molecule has 1 aromatic heterocycles. The minimum atomic E-state index is 0.383. The van der Waals surface area contributed by atoms with Crippen molar-refractivity contribution in [2.75, 3.05) is 0 Å². The van der Waals surface area contributed by atoms with Crippen LogP contribution in [0.3, 0.4) is 0 Å². The molecule has 2 aromatic carbocycles. The summed E-state index contributed by atoms with van der Waals surface area (Å²) in [4.78, 5) is 4.62. The predicted molar refractivity (Wildman–Crippen MR) is 87.8 cm³/mol. The van der Waals surface area contributed by atoms with E-state index in [9.17, 15) is 0 Å². The summed E-state index contributed by atoms with van der Waals surface area (Å²) in [7, 11) is 0. The number of imidazole rings is 1. The van der Waals surface area contributed by atoms with Crippen molar-refractivity contribution in [1.29, 1.82) is 0 Å². The van der Waals surface area contributed by atoms with Crippen LogP contribution < -0.4 is 0 Å². The molecule has 20 heavy (non-hydrogen) atoms. The van der Waals surface area contributed by atoms with E-state index in [1.807, 2.05) is 6.07 Å². The molecule has 3 rings (SSSR count). The van der Waals surface area contributed by atoms with E-state index in [1.54, 1.807) is 0 Å². The van der Waals surface area contributed by atoms with Crippen molar-refractivity contribution in [3.8, 4) is 5.69 Å². The number of fused-ring (bicyclic) bond motifs is 1. The first-order valence-electron chi connectivity index (χ1n) is 6.40. The van der Waals surface area contributed by atoms with Gasteiger partial charge in [-0.1, -0.05) is 12.1 Å². The standard InChI is InChI=1S/C16H14BrClN2/c1-10-4-6-14(12(17)7-10)20-15-8-11(2)3-5-13(15)19-16(20)9-18/h3-8H,9H2,1-2H3. The van der Waals surface area contributed by atoms with E-state index in [-0.39, 0.29) is 0 Å². The van der Waals surface area contributed by atoms with Gasteiger partial charge in [0.2, 0.25) is 0 Å². The molecule has 0 saturated carbocycles. The molecule has 0 fully saturated rings. The van der Waals surface area contributed by atoms with Crippen LogP contribution in [0.25, 0.3) is 16.7 Å². The zero-order valence-electron chi connectivity index (χ0n) is 11.3. The zero-order valence-corrected chi connectivity index (χ0v) is 13.7. The highest BCUT2D eigenvalue weighted by atomic mass is 79.9. The normalized spacial score (nSPS) is 11.2. The summed E-state index contributed by atoms with van der Waals surface area (Å²) in [6.45, 7) is 4.16. The van der Waals surface area contributed by atoms with Gasteiger partial charge in [0.05, 0.1) is 22.6 Å². The molecule has 0 unspecified atom stereocenters. The summed E-state index contributed by atoms with van der Waals surface area (Å²) < 4.78 is 3.17. The van der Waals surface area contributed by atoms with E-state index in [2.05, 4.69) is 69.7 Å².